The highest BCUT2D eigenvalue weighted by molar-refractivity contribution is 6.13. The molecular weight excluding hydrogens is 671 g/mol. The predicted octanol–water partition coefficient (Wildman–Crippen LogP) is 12.4. The van der Waals surface area contributed by atoms with Crippen molar-refractivity contribution in [2.24, 2.45) is 0 Å². The highest BCUT2D eigenvalue weighted by Crippen LogP contribution is 2.41. The largest absolute Gasteiger partial charge is 0.309 e. The van der Waals surface area contributed by atoms with Crippen molar-refractivity contribution in [3.05, 3.63) is 187 Å². The first kappa shape index (κ1) is 30.7. The minimum Gasteiger partial charge on any atom is -0.309 e. The SMILES string of the molecule is N#Cc1ccc2c(c1)c1ccccc1n2-c1cccc(-c2c(C#N)cccc2-n2c3ccccc3c3ccc(-n4c5ccccc5c5ccccc54)cc32)c1. The molecule has 11 rings (SSSR count). The molecular formula is C50H29N5. The van der Waals surface area contributed by atoms with Crippen LogP contribution in [0.4, 0.5) is 0 Å². The molecule has 0 saturated carbocycles. The molecule has 0 fully saturated rings. The molecule has 0 aliphatic heterocycles. The lowest BCUT2D eigenvalue weighted by Gasteiger charge is -2.17. The second kappa shape index (κ2) is 11.8. The molecule has 0 bridgehead atoms. The number of hydrogen-bond acceptors (Lipinski definition) is 2. The molecule has 0 radical (unpaired) electrons. The molecule has 0 atom stereocenters. The van der Waals surface area contributed by atoms with Crippen molar-refractivity contribution in [1.82, 2.24) is 13.7 Å². The first-order valence-corrected chi connectivity index (χ1v) is 18.3. The molecule has 0 unspecified atom stereocenters. The Bertz CT molecular complexity index is 3420. The second-order valence-electron chi connectivity index (χ2n) is 14.0. The van der Waals surface area contributed by atoms with E-state index in [2.05, 4.69) is 159 Å². The van der Waals surface area contributed by atoms with E-state index in [0.717, 1.165) is 82.8 Å². The Morgan fingerprint density at radius 2 is 0.873 bits per heavy atom. The number of hydrogen-bond donors (Lipinski definition) is 0. The van der Waals surface area contributed by atoms with Gasteiger partial charge in [-0.2, -0.15) is 10.5 Å². The third-order valence-electron chi connectivity index (χ3n) is 11.1. The number of rotatable bonds is 4. The minimum atomic E-state index is 0.597. The smallest absolute Gasteiger partial charge is 0.0998 e. The Hall–Kier alpha value is -7.86. The van der Waals surface area contributed by atoms with Crippen LogP contribution in [0, 0.1) is 22.7 Å². The Kier molecular flexibility index (Phi) is 6.61. The van der Waals surface area contributed by atoms with E-state index in [1.54, 1.807) is 0 Å². The maximum absolute atomic E-state index is 10.7. The number of nitrogens with zero attached hydrogens (tertiary/aromatic N) is 5. The van der Waals surface area contributed by atoms with E-state index in [0.29, 0.717) is 11.1 Å². The van der Waals surface area contributed by atoms with Crippen molar-refractivity contribution >= 4 is 65.4 Å². The van der Waals surface area contributed by atoms with Crippen molar-refractivity contribution in [3.63, 3.8) is 0 Å². The standard InChI is InChI=1S/C50H29N5/c51-30-32-23-26-47-42(27-32)40-17-4-7-20-45(40)53(47)35-13-9-11-33(28-35)50-34(31-52)12-10-22-48(50)55-46-21-8-3-16-39(46)41-25-24-36(29-49(41)55)54-43-18-5-1-14-37(43)38-15-2-6-19-44(38)54/h1-29H. The van der Waals surface area contributed by atoms with E-state index < -0.39 is 0 Å². The van der Waals surface area contributed by atoms with E-state index in [-0.39, 0.29) is 0 Å². The first-order chi connectivity index (χ1) is 27.2. The Balaban J connectivity index is 1.18. The number of fused-ring (bicyclic) bond motifs is 9. The molecule has 3 heterocycles. The van der Waals surface area contributed by atoms with Crippen molar-refractivity contribution < 1.29 is 0 Å². The summed E-state index contributed by atoms with van der Waals surface area (Å²) < 4.78 is 6.94. The van der Waals surface area contributed by atoms with E-state index in [1.165, 1.54) is 10.8 Å². The van der Waals surface area contributed by atoms with E-state index in [9.17, 15) is 10.5 Å². The fourth-order valence-corrected chi connectivity index (χ4v) is 8.80. The van der Waals surface area contributed by atoms with Crippen LogP contribution in [0.15, 0.2) is 176 Å². The zero-order valence-corrected chi connectivity index (χ0v) is 29.5. The highest BCUT2D eigenvalue weighted by Gasteiger charge is 2.21. The van der Waals surface area contributed by atoms with Crippen LogP contribution in [0.2, 0.25) is 0 Å². The zero-order chi connectivity index (χ0) is 36.6. The number of nitriles is 2. The molecule has 0 spiro atoms. The van der Waals surface area contributed by atoms with Gasteiger partial charge >= 0.3 is 0 Å². The van der Waals surface area contributed by atoms with Gasteiger partial charge in [0.2, 0.25) is 0 Å². The van der Waals surface area contributed by atoms with Gasteiger partial charge in [0, 0.05) is 49.3 Å². The summed E-state index contributed by atoms with van der Waals surface area (Å²) in [6.45, 7) is 0. The average molecular weight is 700 g/mol. The van der Waals surface area contributed by atoms with Crippen LogP contribution in [0.1, 0.15) is 11.1 Å². The van der Waals surface area contributed by atoms with Gasteiger partial charge in [0.1, 0.15) is 0 Å². The van der Waals surface area contributed by atoms with Crippen molar-refractivity contribution in [2.75, 3.05) is 0 Å². The summed E-state index contributed by atoms with van der Waals surface area (Å²) in [6.07, 6.45) is 0. The highest BCUT2D eigenvalue weighted by atomic mass is 15.0. The van der Waals surface area contributed by atoms with Crippen LogP contribution in [0.5, 0.6) is 0 Å². The van der Waals surface area contributed by atoms with Crippen LogP contribution < -0.4 is 0 Å². The number of benzene rings is 8. The summed E-state index contributed by atoms with van der Waals surface area (Å²) >= 11 is 0. The van der Waals surface area contributed by atoms with Crippen LogP contribution in [-0.4, -0.2) is 13.7 Å². The summed E-state index contributed by atoms with van der Waals surface area (Å²) in [5.41, 5.74) is 12.5. The Labute approximate surface area is 316 Å². The lowest BCUT2D eigenvalue weighted by Crippen LogP contribution is -2.01. The maximum Gasteiger partial charge on any atom is 0.0998 e. The monoisotopic (exact) mass is 699 g/mol. The van der Waals surface area contributed by atoms with Gasteiger partial charge in [-0.05, 0) is 84.4 Å². The summed E-state index contributed by atoms with van der Waals surface area (Å²) in [4.78, 5) is 0. The number of para-hydroxylation sites is 4. The molecule has 3 aromatic heterocycles. The molecule has 0 aliphatic rings. The van der Waals surface area contributed by atoms with Crippen LogP contribution in [-0.2, 0) is 0 Å². The van der Waals surface area contributed by atoms with Gasteiger partial charge in [-0.3, -0.25) is 0 Å². The van der Waals surface area contributed by atoms with Gasteiger partial charge in [-0.15, -0.1) is 0 Å². The molecule has 5 nitrogen and oxygen atoms in total. The molecule has 0 aliphatic carbocycles. The van der Waals surface area contributed by atoms with Crippen LogP contribution >= 0.6 is 0 Å². The molecule has 0 amide bonds. The van der Waals surface area contributed by atoms with Gasteiger partial charge in [-0.25, -0.2) is 0 Å². The Morgan fingerprint density at radius 3 is 1.49 bits per heavy atom. The summed E-state index contributed by atoms with van der Waals surface area (Å²) in [7, 11) is 0. The maximum atomic E-state index is 10.7. The molecule has 254 valence electrons. The summed E-state index contributed by atoms with van der Waals surface area (Å²) in [5.74, 6) is 0. The molecule has 8 aromatic carbocycles. The molecule has 11 aromatic rings. The van der Waals surface area contributed by atoms with E-state index in [4.69, 9.17) is 0 Å². The normalized spacial score (nSPS) is 11.6. The molecule has 0 saturated heterocycles. The molecule has 0 N–H and O–H groups in total. The van der Waals surface area contributed by atoms with Crippen molar-refractivity contribution in [2.45, 2.75) is 0 Å². The fourth-order valence-electron chi connectivity index (χ4n) is 8.80. The van der Waals surface area contributed by atoms with E-state index >= 15 is 0 Å². The Morgan fingerprint density at radius 1 is 0.345 bits per heavy atom. The van der Waals surface area contributed by atoms with Crippen LogP contribution in [0.3, 0.4) is 0 Å². The lowest BCUT2D eigenvalue weighted by atomic mass is 9.97. The minimum absolute atomic E-state index is 0.597. The van der Waals surface area contributed by atoms with Crippen LogP contribution in [0.25, 0.3) is 93.6 Å². The topological polar surface area (TPSA) is 62.4 Å². The van der Waals surface area contributed by atoms with Gasteiger partial charge in [-0.1, -0.05) is 97.1 Å². The first-order valence-electron chi connectivity index (χ1n) is 18.3. The summed E-state index contributed by atoms with van der Waals surface area (Å²) in [5, 5.41) is 27.2. The lowest BCUT2D eigenvalue weighted by molar-refractivity contribution is 1.15. The predicted molar refractivity (Wildman–Crippen MR) is 224 cm³/mol. The fraction of sp³-hybridized carbons (Fsp3) is 0. The van der Waals surface area contributed by atoms with Gasteiger partial charge < -0.3 is 13.7 Å². The quantitative estimate of drug-likeness (QED) is 0.184. The van der Waals surface area contributed by atoms with Gasteiger partial charge in [0.15, 0.2) is 0 Å². The van der Waals surface area contributed by atoms with Gasteiger partial charge in [0.25, 0.3) is 0 Å². The molecule has 5 heteroatoms. The van der Waals surface area contributed by atoms with Crippen molar-refractivity contribution in [1.29, 1.82) is 10.5 Å². The summed E-state index contributed by atoms with van der Waals surface area (Å²) in [6, 6.07) is 66.0. The third-order valence-corrected chi connectivity index (χ3v) is 11.1. The third kappa shape index (κ3) is 4.45. The zero-order valence-electron chi connectivity index (χ0n) is 29.5. The average Bonchev–Trinajstić information content (AvgIpc) is 3.88. The number of aromatic nitrogens is 3. The van der Waals surface area contributed by atoms with E-state index in [1.807, 2.05) is 42.5 Å². The van der Waals surface area contributed by atoms with Gasteiger partial charge in [0.05, 0.1) is 62.1 Å². The van der Waals surface area contributed by atoms with Crippen molar-refractivity contribution in [3.8, 4) is 40.3 Å². The molecule has 55 heavy (non-hydrogen) atoms. The second-order valence-corrected chi connectivity index (χ2v) is 14.0.